The predicted octanol–water partition coefficient (Wildman–Crippen LogP) is 2.82. The Hall–Kier alpha value is -1.58. The number of hydrogen-bond donors (Lipinski definition) is 2. The molecule has 2 rings (SSSR count). The van der Waals surface area contributed by atoms with E-state index in [0.717, 1.165) is 18.7 Å². The third-order valence-corrected chi connectivity index (χ3v) is 4.03. The molecule has 0 spiro atoms. The van der Waals surface area contributed by atoms with Crippen molar-refractivity contribution in [2.75, 3.05) is 12.4 Å². The van der Waals surface area contributed by atoms with Crippen molar-refractivity contribution in [2.24, 2.45) is 5.92 Å². The molecule has 1 amide bonds. The van der Waals surface area contributed by atoms with Gasteiger partial charge in [0.1, 0.15) is 5.82 Å². The Morgan fingerprint density at radius 2 is 2.21 bits per heavy atom. The van der Waals surface area contributed by atoms with Gasteiger partial charge < -0.3 is 10.6 Å². The van der Waals surface area contributed by atoms with Crippen LogP contribution in [0.2, 0.25) is 0 Å². The molecule has 104 valence electrons. The number of nitrogens with one attached hydrogen (secondary N) is 2. The van der Waals surface area contributed by atoms with E-state index in [4.69, 9.17) is 0 Å². The molecular weight excluding hydrogens is 238 g/mol. The number of hydrogen-bond acceptors (Lipinski definition) is 3. The molecule has 2 N–H and O–H groups in total. The number of carbonyl (C=O) groups is 1. The van der Waals surface area contributed by atoms with E-state index in [1.54, 1.807) is 25.4 Å². The van der Waals surface area contributed by atoms with Crippen LogP contribution in [0.3, 0.4) is 0 Å². The summed E-state index contributed by atoms with van der Waals surface area (Å²) in [4.78, 5) is 16.4. The Labute approximate surface area is 115 Å². The monoisotopic (exact) mass is 261 g/mol. The first kappa shape index (κ1) is 13.8. The predicted molar refractivity (Wildman–Crippen MR) is 77.3 cm³/mol. The summed E-state index contributed by atoms with van der Waals surface area (Å²) in [6.45, 7) is 2.21. The molecule has 0 saturated heterocycles. The Bertz CT molecular complexity index is 433. The topological polar surface area (TPSA) is 54.0 Å². The van der Waals surface area contributed by atoms with Gasteiger partial charge in [-0.15, -0.1) is 0 Å². The molecule has 1 saturated carbocycles. The largest absolute Gasteiger partial charge is 0.373 e. The van der Waals surface area contributed by atoms with Gasteiger partial charge >= 0.3 is 0 Å². The summed E-state index contributed by atoms with van der Waals surface area (Å²) < 4.78 is 0. The fraction of sp³-hybridized carbons (Fsp3) is 0.600. The molecule has 1 heterocycles. The van der Waals surface area contributed by atoms with Gasteiger partial charge in [0.25, 0.3) is 5.91 Å². The molecule has 1 aromatic heterocycles. The van der Waals surface area contributed by atoms with Crippen LogP contribution in [0.25, 0.3) is 0 Å². The van der Waals surface area contributed by atoms with E-state index in [0.29, 0.717) is 17.5 Å². The van der Waals surface area contributed by atoms with E-state index in [9.17, 15) is 4.79 Å². The van der Waals surface area contributed by atoms with Gasteiger partial charge in [-0.05, 0) is 30.9 Å². The highest BCUT2D eigenvalue weighted by atomic mass is 16.1. The molecule has 19 heavy (non-hydrogen) atoms. The second kappa shape index (κ2) is 6.55. The van der Waals surface area contributed by atoms with Crippen LogP contribution in [0.4, 0.5) is 5.82 Å². The van der Waals surface area contributed by atoms with Crippen LogP contribution in [0, 0.1) is 5.92 Å². The molecule has 0 bridgehead atoms. The third-order valence-electron chi connectivity index (χ3n) is 4.03. The average molecular weight is 261 g/mol. The van der Waals surface area contributed by atoms with Crippen LogP contribution in [0.15, 0.2) is 18.3 Å². The molecule has 4 nitrogen and oxygen atoms in total. The van der Waals surface area contributed by atoms with Crippen molar-refractivity contribution in [3.8, 4) is 0 Å². The van der Waals surface area contributed by atoms with Gasteiger partial charge in [0, 0.05) is 24.8 Å². The number of amides is 1. The zero-order valence-electron chi connectivity index (χ0n) is 11.8. The molecule has 1 aliphatic rings. The minimum atomic E-state index is 0.0178. The van der Waals surface area contributed by atoms with E-state index in [1.165, 1.54) is 19.3 Å². The first-order valence-electron chi connectivity index (χ1n) is 7.19. The smallest absolute Gasteiger partial charge is 0.251 e. The molecule has 2 unspecified atom stereocenters. The van der Waals surface area contributed by atoms with Gasteiger partial charge in [0.05, 0.1) is 0 Å². The van der Waals surface area contributed by atoms with Crippen molar-refractivity contribution >= 4 is 11.7 Å². The highest BCUT2D eigenvalue weighted by Gasteiger charge is 2.25. The van der Waals surface area contributed by atoms with Crippen molar-refractivity contribution < 1.29 is 4.79 Å². The van der Waals surface area contributed by atoms with Crippen molar-refractivity contribution in [3.63, 3.8) is 0 Å². The van der Waals surface area contributed by atoms with Crippen LogP contribution >= 0.6 is 0 Å². The second-order valence-electron chi connectivity index (χ2n) is 5.21. The number of anilines is 1. The molecule has 1 fully saturated rings. The maximum absolute atomic E-state index is 12.3. The van der Waals surface area contributed by atoms with Crippen LogP contribution < -0.4 is 10.6 Å². The number of pyridine rings is 1. The SMILES string of the molecule is CCC1CCCCC1NC(=O)c1ccnc(NC)c1. The molecule has 1 aliphatic carbocycles. The molecule has 2 atom stereocenters. The molecular formula is C15H23N3O. The quantitative estimate of drug-likeness (QED) is 0.876. The fourth-order valence-corrected chi connectivity index (χ4v) is 2.85. The maximum Gasteiger partial charge on any atom is 0.251 e. The third kappa shape index (κ3) is 3.46. The minimum absolute atomic E-state index is 0.0178. The normalized spacial score (nSPS) is 22.8. The summed E-state index contributed by atoms with van der Waals surface area (Å²) in [5, 5.41) is 6.15. The zero-order valence-corrected chi connectivity index (χ0v) is 11.8. The first-order chi connectivity index (χ1) is 9.24. The standard InChI is InChI=1S/C15H23N3O/c1-3-11-6-4-5-7-13(11)18-15(19)12-8-9-17-14(10-12)16-2/h8-11,13H,3-7H2,1-2H3,(H,16,17)(H,18,19). The lowest BCUT2D eigenvalue weighted by atomic mass is 9.83. The minimum Gasteiger partial charge on any atom is -0.373 e. The van der Waals surface area contributed by atoms with Crippen LogP contribution in [0.5, 0.6) is 0 Å². The van der Waals surface area contributed by atoms with Gasteiger partial charge in [-0.2, -0.15) is 0 Å². The van der Waals surface area contributed by atoms with Crippen LogP contribution in [0.1, 0.15) is 49.4 Å². The molecule has 0 aliphatic heterocycles. The molecule has 1 aromatic rings. The van der Waals surface area contributed by atoms with Crippen molar-refractivity contribution in [1.82, 2.24) is 10.3 Å². The second-order valence-corrected chi connectivity index (χ2v) is 5.21. The van der Waals surface area contributed by atoms with Gasteiger partial charge in [-0.1, -0.05) is 26.2 Å². The molecule has 0 radical (unpaired) electrons. The van der Waals surface area contributed by atoms with Gasteiger partial charge in [0.15, 0.2) is 0 Å². The summed E-state index contributed by atoms with van der Waals surface area (Å²) in [6.07, 6.45) is 7.67. The lowest BCUT2D eigenvalue weighted by Crippen LogP contribution is -2.41. The maximum atomic E-state index is 12.3. The Morgan fingerprint density at radius 3 is 2.95 bits per heavy atom. The first-order valence-corrected chi connectivity index (χ1v) is 7.19. The summed E-state index contributed by atoms with van der Waals surface area (Å²) in [6, 6.07) is 3.89. The fourth-order valence-electron chi connectivity index (χ4n) is 2.85. The highest BCUT2D eigenvalue weighted by Crippen LogP contribution is 2.27. The Balaban J connectivity index is 2.02. The summed E-state index contributed by atoms with van der Waals surface area (Å²) in [5.74, 6) is 1.37. The van der Waals surface area contributed by atoms with E-state index in [-0.39, 0.29) is 5.91 Å². The van der Waals surface area contributed by atoms with Crippen molar-refractivity contribution in [3.05, 3.63) is 23.9 Å². The van der Waals surface area contributed by atoms with E-state index < -0.39 is 0 Å². The number of nitrogens with zero attached hydrogens (tertiary/aromatic N) is 1. The zero-order chi connectivity index (χ0) is 13.7. The molecule has 0 aromatic carbocycles. The number of rotatable bonds is 4. The van der Waals surface area contributed by atoms with Crippen molar-refractivity contribution in [2.45, 2.75) is 45.1 Å². The van der Waals surface area contributed by atoms with Crippen molar-refractivity contribution in [1.29, 1.82) is 0 Å². The Kier molecular flexibility index (Phi) is 4.77. The van der Waals surface area contributed by atoms with Gasteiger partial charge in [-0.3, -0.25) is 4.79 Å². The lowest BCUT2D eigenvalue weighted by Gasteiger charge is -2.31. The van der Waals surface area contributed by atoms with Crippen LogP contribution in [-0.2, 0) is 0 Å². The Morgan fingerprint density at radius 1 is 1.42 bits per heavy atom. The van der Waals surface area contributed by atoms with E-state index in [2.05, 4.69) is 22.5 Å². The highest BCUT2D eigenvalue weighted by molar-refractivity contribution is 5.95. The van der Waals surface area contributed by atoms with Gasteiger partial charge in [-0.25, -0.2) is 4.98 Å². The summed E-state index contributed by atoms with van der Waals surface area (Å²) in [5.41, 5.74) is 0.680. The number of aromatic nitrogens is 1. The van der Waals surface area contributed by atoms with Crippen LogP contribution in [-0.4, -0.2) is 24.0 Å². The molecule has 4 heteroatoms. The van der Waals surface area contributed by atoms with E-state index in [1.807, 2.05) is 0 Å². The summed E-state index contributed by atoms with van der Waals surface area (Å²) >= 11 is 0. The average Bonchev–Trinajstić information content (AvgIpc) is 2.47. The van der Waals surface area contributed by atoms with E-state index >= 15 is 0 Å². The number of carbonyl (C=O) groups excluding carboxylic acids is 1. The van der Waals surface area contributed by atoms with Gasteiger partial charge in [0.2, 0.25) is 0 Å². The lowest BCUT2D eigenvalue weighted by molar-refractivity contribution is 0.0904. The summed E-state index contributed by atoms with van der Waals surface area (Å²) in [7, 11) is 1.80.